The van der Waals surface area contributed by atoms with E-state index in [0.29, 0.717) is 17.0 Å². The third kappa shape index (κ3) is 5.20. The van der Waals surface area contributed by atoms with Crippen LogP contribution in [0.5, 0.6) is 0 Å². The van der Waals surface area contributed by atoms with E-state index >= 15 is 0 Å². The molecule has 0 aliphatic heterocycles. The summed E-state index contributed by atoms with van der Waals surface area (Å²) < 4.78 is 66.8. The molecule has 3 aromatic rings. The molecule has 2 aromatic carbocycles. The van der Waals surface area contributed by atoms with Crippen LogP contribution in [0.2, 0.25) is 5.02 Å². The Balaban J connectivity index is 1.78. The lowest BCUT2D eigenvalue weighted by Crippen LogP contribution is -2.30. The molecule has 168 valence electrons. The summed E-state index contributed by atoms with van der Waals surface area (Å²) in [6.45, 7) is 5.19. The van der Waals surface area contributed by atoms with Gasteiger partial charge in [-0.25, -0.2) is 18.1 Å². The van der Waals surface area contributed by atoms with E-state index in [-0.39, 0.29) is 22.2 Å². The van der Waals surface area contributed by atoms with Gasteiger partial charge in [0.25, 0.3) is 15.9 Å². The molecule has 1 N–H and O–H groups in total. The Hall–Kier alpha value is -3.11. The normalized spacial score (nSPS) is 11.9. The maximum absolute atomic E-state index is 12.8. The number of sulfonamides is 1. The standard InChI is InChI=1S/C21H17ClF3N3O3S/c1-3-14-4-8-17(9-5-14)32(30,31)27-20(29)19-12-28(13(2)26-19)11-15-6-7-16(10-18(15)22)21(23,24)25/h3-10,12H,1,11H2,2H3,(H,27,29). The Kier molecular flexibility index (Phi) is 6.47. The fourth-order valence-corrected chi connectivity index (χ4v) is 4.03. The van der Waals surface area contributed by atoms with Crippen LogP contribution in [0.15, 0.2) is 60.1 Å². The zero-order valence-corrected chi connectivity index (χ0v) is 18.2. The van der Waals surface area contributed by atoms with Crippen LogP contribution in [-0.2, 0) is 22.7 Å². The van der Waals surface area contributed by atoms with E-state index in [1.807, 2.05) is 4.72 Å². The molecule has 0 atom stereocenters. The van der Waals surface area contributed by atoms with Crippen molar-refractivity contribution in [3.63, 3.8) is 0 Å². The quantitative estimate of drug-likeness (QED) is 0.552. The Morgan fingerprint density at radius 3 is 2.44 bits per heavy atom. The highest BCUT2D eigenvalue weighted by Gasteiger charge is 2.31. The van der Waals surface area contributed by atoms with Gasteiger partial charge in [0.2, 0.25) is 0 Å². The van der Waals surface area contributed by atoms with Crippen LogP contribution in [0.3, 0.4) is 0 Å². The van der Waals surface area contributed by atoms with E-state index in [2.05, 4.69) is 11.6 Å². The summed E-state index contributed by atoms with van der Waals surface area (Å²) in [7, 11) is -4.13. The molecule has 0 bridgehead atoms. The molecule has 1 amide bonds. The van der Waals surface area contributed by atoms with Crippen LogP contribution < -0.4 is 4.72 Å². The van der Waals surface area contributed by atoms with Crippen molar-refractivity contribution in [3.05, 3.63) is 88.5 Å². The zero-order chi connectivity index (χ0) is 23.7. The third-order valence-corrected chi connectivity index (χ3v) is 6.28. The van der Waals surface area contributed by atoms with Crippen molar-refractivity contribution in [1.29, 1.82) is 0 Å². The van der Waals surface area contributed by atoms with Crippen LogP contribution in [0, 0.1) is 6.92 Å². The van der Waals surface area contributed by atoms with Gasteiger partial charge in [-0.15, -0.1) is 0 Å². The molecule has 1 aromatic heterocycles. The van der Waals surface area contributed by atoms with E-state index in [1.165, 1.54) is 29.0 Å². The second kappa shape index (κ2) is 8.79. The highest BCUT2D eigenvalue weighted by molar-refractivity contribution is 7.90. The predicted octanol–water partition coefficient (Wildman–Crippen LogP) is 4.67. The van der Waals surface area contributed by atoms with Gasteiger partial charge in [0.1, 0.15) is 11.5 Å². The number of benzene rings is 2. The Morgan fingerprint density at radius 1 is 1.22 bits per heavy atom. The van der Waals surface area contributed by atoms with Crippen LogP contribution in [-0.4, -0.2) is 23.9 Å². The van der Waals surface area contributed by atoms with Gasteiger partial charge in [-0.2, -0.15) is 13.2 Å². The minimum atomic E-state index is -4.52. The summed E-state index contributed by atoms with van der Waals surface area (Å²) >= 11 is 5.99. The number of hydrogen-bond donors (Lipinski definition) is 1. The molecule has 0 spiro atoms. The largest absolute Gasteiger partial charge is 0.416 e. The average Bonchev–Trinajstić information content (AvgIpc) is 3.09. The fraction of sp³-hybridized carbons (Fsp3) is 0.143. The van der Waals surface area contributed by atoms with Crippen LogP contribution in [0.4, 0.5) is 13.2 Å². The molecule has 11 heteroatoms. The summed E-state index contributed by atoms with van der Waals surface area (Å²) in [5.74, 6) is -0.600. The molecule has 1 heterocycles. The van der Waals surface area contributed by atoms with Gasteiger partial charge in [0.05, 0.1) is 17.0 Å². The number of hydrogen-bond acceptors (Lipinski definition) is 4. The predicted molar refractivity (Wildman–Crippen MR) is 114 cm³/mol. The van der Waals surface area contributed by atoms with Gasteiger partial charge in [0.15, 0.2) is 0 Å². The van der Waals surface area contributed by atoms with Gasteiger partial charge in [-0.1, -0.05) is 42.5 Å². The molecular weight excluding hydrogens is 467 g/mol. The van der Waals surface area contributed by atoms with E-state index in [0.717, 1.165) is 12.1 Å². The number of rotatable bonds is 6. The maximum Gasteiger partial charge on any atom is 0.416 e. The van der Waals surface area contributed by atoms with Crippen molar-refractivity contribution in [2.45, 2.75) is 24.5 Å². The molecular formula is C21H17ClF3N3O3S. The summed E-state index contributed by atoms with van der Waals surface area (Å²) in [5, 5.41) is -0.0931. The van der Waals surface area contributed by atoms with Gasteiger partial charge < -0.3 is 4.57 Å². The second-order valence-corrected chi connectivity index (χ2v) is 8.90. The maximum atomic E-state index is 12.8. The van der Waals surface area contributed by atoms with E-state index in [1.54, 1.807) is 25.1 Å². The molecule has 0 saturated heterocycles. The topological polar surface area (TPSA) is 81.1 Å². The minimum absolute atomic E-state index is 0.0405. The summed E-state index contributed by atoms with van der Waals surface area (Å²) in [6.07, 6.45) is -1.67. The lowest BCUT2D eigenvalue weighted by molar-refractivity contribution is -0.137. The Bertz CT molecular complexity index is 1280. The number of aryl methyl sites for hydroxylation is 1. The fourth-order valence-electron chi connectivity index (χ4n) is 2.83. The van der Waals surface area contributed by atoms with E-state index in [9.17, 15) is 26.4 Å². The lowest BCUT2D eigenvalue weighted by atomic mass is 10.1. The van der Waals surface area contributed by atoms with Crippen molar-refractivity contribution < 1.29 is 26.4 Å². The van der Waals surface area contributed by atoms with Crippen LogP contribution in [0.25, 0.3) is 6.08 Å². The monoisotopic (exact) mass is 483 g/mol. The SMILES string of the molecule is C=Cc1ccc(S(=O)(=O)NC(=O)c2cn(Cc3ccc(C(F)(F)F)cc3Cl)c(C)n2)cc1. The van der Waals surface area contributed by atoms with Gasteiger partial charge in [-0.05, 0) is 42.3 Å². The van der Waals surface area contributed by atoms with Crippen LogP contribution in [0.1, 0.15) is 33.0 Å². The molecule has 6 nitrogen and oxygen atoms in total. The van der Waals surface area contributed by atoms with Crippen molar-refractivity contribution >= 4 is 33.6 Å². The molecule has 0 fully saturated rings. The minimum Gasteiger partial charge on any atom is -0.330 e. The van der Waals surface area contributed by atoms with Crippen molar-refractivity contribution in [3.8, 4) is 0 Å². The first-order valence-electron chi connectivity index (χ1n) is 9.10. The number of halogens is 4. The molecule has 0 radical (unpaired) electrons. The Morgan fingerprint density at radius 2 is 1.88 bits per heavy atom. The first-order valence-corrected chi connectivity index (χ1v) is 11.0. The van der Waals surface area contributed by atoms with E-state index < -0.39 is 27.7 Å². The molecule has 32 heavy (non-hydrogen) atoms. The Labute approximate surface area is 187 Å². The van der Waals surface area contributed by atoms with Crippen molar-refractivity contribution in [1.82, 2.24) is 14.3 Å². The summed E-state index contributed by atoms with van der Waals surface area (Å²) in [5.41, 5.74) is 0.0467. The first-order chi connectivity index (χ1) is 14.9. The number of nitrogens with one attached hydrogen (secondary N) is 1. The molecule has 0 saturated carbocycles. The van der Waals surface area contributed by atoms with E-state index in [4.69, 9.17) is 11.6 Å². The lowest BCUT2D eigenvalue weighted by Gasteiger charge is -2.11. The summed E-state index contributed by atoms with van der Waals surface area (Å²) in [6, 6.07) is 8.72. The molecule has 3 rings (SSSR count). The van der Waals surface area contributed by atoms with Crippen molar-refractivity contribution in [2.75, 3.05) is 0 Å². The highest BCUT2D eigenvalue weighted by atomic mass is 35.5. The average molecular weight is 484 g/mol. The van der Waals surface area contributed by atoms with Crippen LogP contribution >= 0.6 is 11.6 Å². The number of imidazole rings is 1. The van der Waals surface area contributed by atoms with Gasteiger partial charge in [0, 0.05) is 11.2 Å². The molecule has 0 unspecified atom stereocenters. The van der Waals surface area contributed by atoms with Gasteiger partial charge >= 0.3 is 6.18 Å². The smallest absolute Gasteiger partial charge is 0.330 e. The number of aromatic nitrogens is 2. The molecule has 0 aliphatic carbocycles. The first kappa shape index (κ1) is 23.6. The van der Waals surface area contributed by atoms with Gasteiger partial charge in [-0.3, -0.25) is 4.79 Å². The number of amides is 1. The third-order valence-electron chi connectivity index (χ3n) is 4.58. The molecule has 0 aliphatic rings. The highest BCUT2D eigenvalue weighted by Crippen LogP contribution is 2.32. The zero-order valence-electron chi connectivity index (χ0n) is 16.6. The number of carbonyl (C=O) groups excluding carboxylic acids is 1. The second-order valence-electron chi connectivity index (χ2n) is 6.81. The van der Waals surface area contributed by atoms with Crippen molar-refractivity contribution in [2.24, 2.45) is 0 Å². The number of alkyl halides is 3. The number of nitrogens with zero attached hydrogens (tertiary/aromatic N) is 2. The summed E-state index contributed by atoms with van der Waals surface area (Å²) in [4.78, 5) is 16.4. The number of carbonyl (C=O) groups is 1.